The largest absolute Gasteiger partial charge is 0.310 e. The minimum absolute atomic E-state index is 0.925. The summed E-state index contributed by atoms with van der Waals surface area (Å²) in [5.41, 5.74) is 12.5. The summed E-state index contributed by atoms with van der Waals surface area (Å²) in [6, 6.07) is 75.0. The minimum Gasteiger partial charge on any atom is -0.310 e. The van der Waals surface area contributed by atoms with Crippen LogP contribution in [0, 0.1) is 0 Å². The third-order valence-corrected chi connectivity index (χ3v) is 10.4. The predicted octanol–water partition coefficient (Wildman–Crippen LogP) is 14.1. The zero-order chi connectivity index (χ0) is 36.6. The fourth-order valence-corrected chi connectivity index (χ4v) is 7.81. The Labute approximate surface area is 320 Å². The normalized spacial score (nSPS) is 11.3. The molecule has 55 heavy (non-hydrogen) atoms. The average Bonchev–Trinajstić information content (AvgIpc) is 3.27. The Hall–Kier alpha value is -7.36. The monoisotopic (exact) mass is 701 g/mol. The highest BCUT2D eigenvalue weighted by Gasteiger charge is 2.23. The fraction of sp³-hybridized carbons (Fsp3) is 0. The second-order valence-corrected chi connectivity index (χ2v) is 13.8. The molecule has 258 valence electrons. The Morgan fingerprint density at radius 2 is 0.818 bits per heavy atom. The Kier molecular flexibility index (Phi) is 8.16. The Bertz CT molecular complexity index is 2830. The summed E-state index contributed by atoms with van der Waals surface area (Å²) >= 11 is 0. The number of aromatic nitrogens is 2. The van der Waals surface area contributed by atoms with Gasteiger partial charge in [0.2, 0.25) is 0 Å². The lowest BCUT2D eigenvalue weighted by Crippen LogP contribution is -2.11. The van der Waals surface area contributed by atoms with Crippen molar-refractivity contribution in [2.75, 3.05) is 4.90 Å². The molecule has 0 radical (unpaired) electrons. The standard InChI is InChI=1S/C52H35N3/c1-5-17-36(18-6-1)41-33-47(37-19-7-2-8-20-37)53-48(34-41)38-29-31-39(32-30-38)52-51-49(55(42-22-9-3-10-23-42)43-24-11-4-12-25-43)35-40-21-13-14-26-44(40)50(51)45-27-15-16-28-46(45)54-52/h1-35H. The molecule has 3 heteroatoms. The van der Waals surface area contributed by atoms with Gasteiger partial charge in [0, 0.05) is 44.2 Å². The van der Waals surface area contributed by atoms with Gasteiger partial charge >= 0.3 is 0 Å². The van der Waals surface area contributed by atoms with E-state index in [1.165, 1.54) is 16.2 Å². The van der Waals surface area contributed by atoms with Crippen molar-refractivity contribution < 1.29 is 0 Å². The molecule has 0 fully saturated rings. The zero-order valence-electron chi connectivity index (χ0n) is 30.0. The molecule has 0 saturated heterocycles. The lowest BCUT2D eigenvalue weighted by molar-refractivity contribution is 1.30. The summed E-state index contributed by atoms with van der Waals surface area (Å²) in [7, 11) is 0. The molecule has 2 aromatic heterocycles. The van der Waals surface area contributed by atoms with Crippen molar-refractivity contribution in [3.05, 3.63) is 212 Å². The number of fused-ring (bicyclic) bond motifs is 5. The molecule has 0 saturated carbocycles. The van der Waals surface area contributed by atoms with Crippen LogP contribution in [-0.2, 0) is 0 Å². The third kappa shape index (κ3) is 5.98. The van der Waals surface area contributed by atoms with Gasteiger partial charge in [0.1, 0.15) is 0 Å². The van der Waals surface area contributed by atoms with E-state index in [9.17, 15) is 0 Å². The van der Waals surface area contributed by atoms with Gasteiger partial charge in [0.15, 0.2) is 0 Å². The van der Waals surface area contributed by atoms with Crippen molar-refractivity contribution in [2.24, 2.45) is 0 Å². The molecule has 3 nitrogen and oxygen atoms in total. The van der Waals surface area contributed by atoms with Crippen LogP contribution in [0.4, 0.5) is 17.1 Å². The first-order valence-electron chi connectivity index (χ1n) is 18.7. The van der Waals surface area contributed by atoms with Gasteiger partial charge in [-0.2, -0.15) is 0 Å². The smallest absolute Gasteiger partial charge is 0.0809 e. The summed E-state index contributed by atoms with van der Waals surface area (Å²) in [5.74, 6) is 0. The summed E-state index contributed by atoms with van der Waals surface area (Å²) in [5, 5.41) is 5.81. The van der Waals surface area contributed by atoms with E-state index in [0.29, 0.717) is 0 Å². The highest BCUT2D eigenvalue weighted by molar-refractivity contribution is 6.27. The van der Waals surface area contributed by atoms with Gasteiger partial charge in [-0.05, 0) is 70.4 Å². The number of rotatable bonds is 7. The van der Waals surface area contributed by atoms with Crippen LogP contribution in [0.5, 0.6) is 0 Å². The number of hydrogen-bond donors (Lipinski definition) is 0. The third-order valence-electron chi connectivity index (χ3n) is 10.4. The lowest BCUT2D eigenvalue weighted by Gasteiger charge is -2.28. The molecule has 10 aromatic rings. The highest BCUT2D eigenvalue weighted by atomic mass is 15.1. The number of benzene rings is 8. The van der Waals surface area contributed by atoms with E-state index in [-0.39, 0.29) is 0 Å². The maximum atomic E-state index is 5.48. The second-order valence-electron chi connectivity index (χ2n) is 13.8. The van der Waals surface area contributed by atoms with Gasteiger partial charge in [-0.1, -0.05) is 164 Å². The van der Waals surface area contributed by atoms with Crippen molar-refractivity contribution in [1.29, 1.82) is 0 Å². The fourth-order valence-electron chi connectivity index (χ4n) is 7.81. The van der Waals surface area contributed by atoms with Crippen LogP contribution < -0.4 is 4.90 Å². The van der Waals surface area contributed by atoms with Crippen LogP contribution in [0.1, 0.15) is 0 Å². The van der Waals surface area contributed by atoms with Crippen LogP contribution in [0.3, 0.4) is 0 Å². The van der Waals surface area contributed by atoms with Crippen molar-refractivity contribution in [2.45, 2.75) is 0 Å². The average molecular weight is 702 g/mol. The minimum atomic E-state index is 0.925. The molecule has 0 aliphatic carbocycles. The van der Waals surface area contributed by atoms with E-state index in [1.54, 1.807) is 0 Å². The van der Waals surface area contributed by atoms with Crippen molar-refractivity contribution >= 4 is 49.5 Å². The van der Waals surface area contributed by atoms with E-state index in [4.69, 9.17) is 9.97 Å². The molecule has 0 aliphatic heterocycles. The SMILES string of the molecule is c1ccc(-c2cc(-c3ccccc3)nc(-c3ccc(-c4nc5ccccc5c5c4c(N(c4ccccc4)c4ccccc4)cc4ccccc45)cc3)c2)cc1. The molecule has 8 aromatic carbocycles. The van der Waals surface area contributed by atoms with Gasteiger partial charge in [0.05, 0.1) is 28.3 Å². The van der Waals surface area contributed by atoms with E-state index in [2.05, 4.69) is 211 Å². The molecule has 0 atom stereocenters. The van der Waals surface area contributed by atoms with Gasteiger partial charge in [-0.25, -0.2) is 9.97 Å². The predicted molar refractivity (Wildman–Crippen MR) is 231 cm³/mol. The maximum absolute atomic E-state index is 5.48. The molecule has 0 N–H and O–H groups in total. The number of pyridine rings is 2. The van der Waals surface area contributed by atoms with E-state index >= 15 is 0 Å². The molecule has 0 amide bonds. The van der Waals surface area contributed by atoms with Crippen molar-refractivity contribution in [1.82, 2.24) is 9.97 Å². The zero-order valence-corrected chi connectivity index (χ0v) is 30.0. The van der Waals surface area contributed by atoms with E-state index in [0.717, 1.165) is 78.3 Å². The Balaban J connectivity index is 1.22. The summed E-state index contributed by atoms with van der Waals surface area (Å²) in [4.78, 5) is 13.1. The van der Waals surface area contributed by atoms with Crippen LogP contribution in [0.2, 0.25) is 0 Å². The molecule has 0 bridgehead atoms. The molecule has 0 aliphatic rings. The van der Waals surface area contributed by atoms with Gasteiger partial charge in [-0.3, -0.25) is 0 Å². The van der Waals surface area contributed by atoms with Crippen LogP contribution in [-0.4, -0.2) is 9.97 Å². The first kappa shape index (κ1) is 32.3. The lowest BCUT2D eigenvalue weighted by atomic mass is 9.92. The molecular formula is C52H35N3. The quantitative estimate of drug-likeness (QED) is 0.155. The number of hydrogen-bond acceptors (Lipinski definition) is 3. The van der Waals surface area contributed by atoms with Gasteiger partial charge < -0.3 is 4.90 Å². The number of nitrogens with zero attached hydrogens (tertiary/aromatic N) is 3. The van der Waals surface area contributed by atoms with Crippen LogP contribution in [0.25, 0.3) is 77.3 Å². The number of para-hydroxylation sites is 3. The highest BCUT2D eigenvalue weighted by Crippen LogP contribution is 2.47. The van der Waals surface area contributed by atoms with Crippen molar-refractivity contribution in [3.63, 3.8) is 0 Å². The molecule has 0 unspecified atom stereocenters. The summed E-state index contributed by atoms with van der Waals surface area (Å²) < 4.78 is 0. The Morgan fingerprint density at radius 3 is 1.45 bits per heavy atom. The van der Waals surface area contributed by atoms with E-state index in [1.807, 2.05) is 6.07 Å². The topological polar surface area (TPSA) is 29.0 Å². The maximum Gasteiger partial charge on any atom is 0.0809 e. The number of anilines is 3. The van der Waals surface area contributed by atoms with Crippen LogP contribution >= 0.6 is 0 Å². The van der Waals surface area contributed by atoms with Gasteiger partial charge in [0.25, 0.3) is 0 Å². The van der Waals surface area contributed by atoms with Gasteiger partial charge in [-0.15, -0.1) is 0 Å². The molecule has 2 heterocycles. The first-order chi connectivity index (χ1) is 27.3. The molecular weight excluding hydrogens is 667 g/mol. The Morgan fingerprint density at radius 1 is 0.327 bits per heavy atom. The molecule has 10 rings (SSSR count). The summed E-state index contributed by atoms with van der Waals surface area (Å²) in [6.07, 6.45) is 0. The first-order valence-corrected chi connectivity index (χ1v) is 18.7. The second kappa shape index (κ2) is 13.9. The van der Waals surface area contributed by atoms with Crippen LogP contribution in [0.15, 0.2) is 212 Å². The molecule has 0 spiro atoms. The van der Waals surface area contributed by atoms with Crippen molar-refractivity contribution in [3.8, 4) is 44.9 Å². The summed E-state index contributed by atoms with van der Waals surface area (Å²) in [6.45, 7) is 0. The van der Waals surface area contributed by atoms with E-state index < -0.39 is 0 Å².